The zero-order chi connectivity index (χ0) is 9.23. The Bertz CT molecular complexity index is 112. The van der Waals surface area contributed by atoms with Gasteiger partial charge in [-0.25, -0.2) is 0 Å². The first-order chi connectivity index (χ1) is 5.85. The first-order valence-electron chi connectivity index (χ1n) is 4.78. The average molecular weight is 190 g/mol. The number of likely N-dealkylation sites (N-methyl/N-ethyl adjacent to an activating group) is 1. The third-order valence-electron chi connectivity index (χ3n) is 1.89. The number of hydrogen-bond acceptors (Lipinski definition) is 1. The zero-order valence-electron chi connectivity index (χ0n) is 8.22. The van der Waals surface area contributed by atoms with E-state index in [9.17, 15) is 0 Å². The lowest BCUT2D eigenvalue weighted by Crippen LogP contribution is -2.24. The molecule has 0 spiro atoms. The molecule has 0 radical (unpaired) electrons. The Morgan fingerprint density at radius 1 is 1.25 bits per heavy atom. The van der Waals surface area contributed by atoms with Gasteiger partial charge in [0.2, 0.25) is 0 Å². The van der Waals surface area contributed by atoms with E-state index in [0.29, 0.717) is 5.88 Å². The van der Waals surface area contributed by atoms with Crippen LogP contribution in [0.2, 0.25) is 0 Å². The van der Waals surface area contributed by atoms with Crippen molar-refractivity contribution < 1.29 is 0 Å². The number of halogens is 1. The van der Waals surface area contributed by atoms with Crippen LogP contribution in [-0.2, 0) is 0 Å². The normalized spacial score (nSPS) is 11.7. The van der Waals surface area contributed by atoms with Gasteiger partial charge in [0.25, 0.3) is 0 Å². The lowest BCUT2D eigenvalue weighted by molar-refractivity contribution is 0.313. The second kappa shape index (κ2) is 9.08. The molecule has 0 unspecified atom stereocenters. The lowest BCUT2D eigenvalue weighted by atomic mass is 10.3. The Labute approximate surface area is 81.4 Å². The van der Waals surface area contributed by atoms with Crippen molar-refractivity contribution in [3.63, 3.8) is 0 Å². The van der Waals surface area contributed by atoms with Gasteiger partial charge in [-0.3, -0.25) is 4.90 Å². The highest BCUT2D eigenvalue weighted by Gasteiger charge is 1.96. The molecule has 0 aliphatic heterocycles. The summed E-state index contributed by atoms with van der Waals surface area (Å²) in [4.78, 5) is 2.42. The molecule has 0 saturated heterocycles. The molecule has 0 saturated carbocycles. The van der Waals surface area contributed by atoms with E-state index in [2.05, 4.69) is 24.8 Å². The van der Waals surface area contributed by atoms with Crippen LogP contribution >= 0.6 is 11.6 Å². The van der Waals surface area contributed by atoms with Crippen molar-refractivity contribution in [3.8, 4) is 0 Å². The Hall–Kier alpha value is -0.0100. The first-order valence-corrected chi connectivity index (χ1v) is 5.31. The van der Waals surface area contributed by atoms with E-state index >= 15 is 0 Å². The van der Waals surface area contributed by atoms with Gasteiger partial charge in [0.1, 0.15) is 0 Å². The van der Waals surface area contributed by atoms with Gasteiger partial charge in [-0.05, 0) is 19.5 Å². The summed E-state index contributed by atoms with van der Waals surface area (Å²) in [6, 6.07) is 0. The maximum atomic E-state index is 5.53. The number of unbranched alkanes of at least 4 members (excludes halogenated alkanes) is 1. The summed E-state index contributed by atoms with van der Waals surface area (Å²) in [6.07, 6.45) is 6.72. The standard InChI is InChI=1S/C10H20ClN/c1-3-5-9-12(4-2)10-7-6-8-11/h6-7H,3-5,8-10H2,1-2H3. The summed E-state index contributed by atoms with van der Waals surface area (Å²) in [5.41, 5.74) is 0. The quantitative estimate of drug-likeness (QED) is 0.440. The van der Waals surface area contributed by atoms with Crippen LogP contribution in [0.3, 0.4) is 0 Å². The second-order valence-corrected chi connectivity index (χ2v) is 3.18. The molecule has 0 aromatic heterocycles. The van der Waals surface area contributed by atoms with E-state index < -0.39 is 0 Å². The van der Waals surface area contributed by atoms with Gasteiger partial charge in [0.05, 0.1) is 0 Å². The Kier molecular flexibility index (Phi) is 9.07. The Morgan fingerprint density at radius 2 is 2.00 bits per heavy atom. The number of rotatable bonds is 7. The minimum atomic E-state index is 0.630. The summed E-state index contributed by atoms with van der Waals surface area (Å²) in [7, 11) is 0. The van der Waals surface area contributed by atoms with E-state index in [1.807, 2.05) is 6.08 Å². The van der Waals surface area contributed by atoms with Gasteiger partial charge in [-0.15, -0.1) is 11.6 Å². The van der Waals surface area contributed by atoms with Crippen LogP contribution < -0.4 is 0 Å². The van der Waals surface area contributed by atoms with Crippen molar-refractivity contribution in [1.29, 1.82) is 0 Å². The molecule has 0 rings (SSSR count). The van der Waals surface area contributed by atoms with Gasteiger partial charge >= 0.3 is 0 Å². The van der Waals surface area contributed by atoms with Crippen molar-refractivity contribution >= 4 is 11.6 Å². The predicted molar refractivity (Wildman–Crippen MR) is 56.9 cm³/mol. The largest absolute Gasteiger partial charge is 0.300 e. The molecule has 0 N–H and O–H groups in total. The molecular formula is C10H20ClN. The fourth-order valence-electron chi connectivity index (χ4n) is 1.05. The fourth-order valence-corrected chi connectivity index (χ4v) is 1.17. The zero-order valence-corrected chi connectivity index (χ0v) is 8.98. The van der Waals surface area contributed by atoms with Crippen LogP contribution in [0.4, 0.5) is 0 Å². The average Bonchev–Trinajstić information content (AvgIpc) is 2.11. The molecule has 2 heteroatoms. The maximum Gasteiger partial charge on any atom is 0.0404 e. The van der Waals surface area contributed by atoms with Crippen LogP contribution in [0.1, 0.15) is 26.7 Å². The topological polar surface area (TPSA) is 3.24 Å². The minimum Gasteiger partial charge on any atom is -0.300 e. The molecule has 0 heterocycles. The highest BCUT2D eigenvalue weighted by molar-refractivity contribution is 6.18. The molecule has 0 fully saturated rings. The van der Waals surface area contributed by atoms with E-state index in [1.165, 1.54) is 19.4 Å². The molecule has 0 aromatic rings. The molecular weight excluding hydrogens is 170 g/mol. The smallest absolute Gasteiger partial charge is 0.0404 e. The van der Waals surface area contributed by atoms with Crippen molar-refractivity contribution in [1.82, 2.24) is 4.90 Å². The maximum absolute atomic E-state index is 5.53. The van der Waals surface area contributed by atoms with E-state index in [1.54, 1.807) is 0 Å². The third kappa shape index (κ3) is 6.68. The lowest BCUT2D eigenvalue weighted by Gasteiger charge is -2.17. The summed E-state index contributed by atoms with van der Waals surface area (Å²) in [6.45, 7) is 7.81. The highest BCUT2D eigenvalue weighted by atomic mass is 35.5. The third-order valence-corrected chi connectivity index (χ3v) is 2.07. The number of allylic oxidation sites excluding steroid dienone is 1. The summed E-state index contributed by atoms with van der Waals surface area (Å²) < 4.78 is 0. The minimum absolute atomic E-state index is 0.630. The van der Waals surface area contributed by atoms with Crippen LogP contribution in [0.5, 0.6) is 0 Å². The Morgan fingerprint density at radius 3 is 2.50 bits per heavy atom. The van der Waals surface area contributed by atoms with E-state index in [-0.39, 0.29) is 0 Å². The van der Waals surface area contributed by atoms with Gasteiger partial charge in [-0.2, -0.15) is 0 Å². The molecule has 0 aromatic carbocycles. The fraction of sp³-hybridized carbons (Fsp3) is 0.800. The van der Waals surface area contributed by atoms with Crippen LogP contribution in [0, 0.1) is 0 Å². The van der Waals surface area contributed by atoms with Gasteiger partial charge < -0.3 is 0 Å². The molecule has 1 nitrogen and oxygen atoms in total. The molecule has 0 aliphatic rings. The molecule has 0 atom stereocenters. The summed E-state index contributed by atoms with van der Waals surface area (Å²) in [5.74, 6) is 0.630. The predicted octanol–water partition coefficient (Wildman–Crippen LogP) is 2.90. The SMILES string of the molecule is CCCCN(CC)CC=CCCl. The molecule has 12 heavy (non-hydrogen) atoms. The van der Waals surface area contributed by atoms with Crippen molar-refractivity contribution in [2.75, 3.05) is 25.5 Å². The number of nitrogens with zero attached hydrogens (tertiary/aromatic N) is 1. The van der Waals surface area contributed by atoms with Gasteiger partial charge in [-0.1, -0.05) is 32.4 Å². The Balaban J connectivity index is 3.45. The first kappa shape index (κ1) is 12.0. The molecule has 0 bridgehead atoms. The van der Waals surface area contributed by atoms with Crippen molar-refractivity contribution in [2.45, 2.75) is 26.7 Å². The highest BCUT2D eigenvalue weighted by Crippen LogP contribution is 1.94. The van der Waals surface area contributed by atoms with Crippen LogP contribution in [-0.4, -0.2) is 30.4 Å². The van der Waals surface area contributed by atoms with E-state index in [4.69, 9.17) is 11.6 Å². The van der Waals surface area contributed by atoms with Crippen LogP contribution in [0.25, 0.3) is 0 Å². The van der Waals surface area contributed by atoms with Gasteiger partial charge in [0, 0.05) is 12.4 Å². The monoisotopic (exact) mass is 189 g/mol. The van der Waals surface area contributed by atoms with Crippen LogP contribution in [0.15, 0.2) is 12.2 Å². The summed E-state index contributed by atoms with van der Waals surface area (Å²) >= 11 is 5.53. The van der Waals surface area contributed by atoms with E-state index in [0.717, 1.165) is 13.1 Å². The molecule has 0 amide bonds. The summed E-state index contributed by atoms with van der Waals surface area (Å²) in [5, 5.41) is 0. The second-order valence-electron chi connectivity index (χ2n) is 2.87. The number of alkyl halides is 1. The van der Waals surface area contributed by atoms with Crippen molar-refractivity contribution in [2.24, 2.45) is 0 Å². The number of hydrogen-bond donors (Lipinski definition) is 0. The van der Waals surface area contributed by atoms with Gasteiger partial charge in [0.15, 0.2) is 0 Å². The molecule has 72 valence electrons. The van der Waals surface area contributed by atoms with Crippen molar-refractivity contribution in [3.05, 3.63) is 12.2 Å². The molecule has 0 aliphatic carbocycles.